The van der Waals surface area contributed by atoms with Gasteiger partial charge in [0.25, 0.3) is 0 Å². The van der Waals surface area contributed by atoms with Crippen LogP contribution in [0.25, 0.3) is 10.9 Å². The van der Waals surface area contributed by atoms with E-state index < -0.39 is 0 Å². The zero-order valence-corrected chi connectivity index (χ0v) is 11.7. The van der Waals surface area contributed by atoms with Gasteiger partial charge in [-0.05, 0) is 48.3 Å². The second-order valence-corrected chi connectivity index (χ2v) is 5.32. The highest BCUT2D eigenvalue weighted by Crippen LogP contribution is 2.35. The van der Waals surface area contributed by atoms with Crippen molar-refractivity contribution < 1.29 is 0 Å². The summed E-state index contributed by atoms with van der Waals surface area (Å²) in [6, 6.07) is 4.45. The van der Waals surface area contributed by atoms with Gasteiger partial charge in [0.15, 0.2) is 0 Å². The number of fused-ring (bicyclic) bond motifs is 1. The van der Waals surface area contributed by atoms with Gasteiger partial charge in [0.05, 0.1) is 5.52 Å². The maximum Gasteiger partial charge on any atom is 0.0522 e. The minimum absolute atomic E-state index is 0.0338. The molecule has 16 heavy (non-hydrogen) atoms. The predicted molar refractivity (Wildman–Crippen MR) is 72.7 cm³/mol. The van der Waals surface area contributed by atoms with Crippen LogP contribution < -0.4 is 5.73 Å². The van der Waals surface area contributed by atoms with Gasteiger partial charge >= 0.3 is 0 Å². The molecule has 2 nitrogen and oxygen atoms in total. The van der Waals surface area contributed by atoms with Crippen LogP contribution in [0.3, 0.4) is 0 Å². The molecule has 0 fully saturated rings. The number of halogens is 1. The summed E-state index contributed by atoms with van der Waals surface area (Å²) < 4.78 is 3.32. The van der Waals surface area contributed by atoms with Crippen LogP contribution in [-0.4, -0.2) is 4.57 Å². The normalized spacial score (nSPS) is 13.4. The average molecular weight is 281 g/mol. The largest absolute Gasteiger partial charge is 0.345 e. The topological polar surface area (TPSA) is 30.9 Å². The average Bonchev–Trinajstić information content (AvgIpc) is 2.38. The van der Waals surface area contributed by atoms with Gasteiger partial charge in [-0.25, -0.2) is 0 Å². The minimum Gasteiger partial charge on any atom is -0.345 e. The molecule has 2 aromatic rings. The second kappa shape index (κ2) is 3.90. The molecule has 1 heterocycles. The first-order chi connectivity index (χ1) is 7.43. The maximum absolute atomic E-state index is 6.02. The molecule has 1 aromatic heterocycles. The third-order valence-electron chi connectivity index (χ3n) is 3.03. The van der Waals surface area contributed by atoms with Crippen LogP contribution in [0.15, 0.2) is 16.6 Å². The molecule has 0 amide bonds. The van der Waals surface area contributed by atoms with E-state index in [1.165, 1.54) is 22.0 Å². The molecule has 0 spiro atoms. The first kappa shape index (κ1) is 11.7. The van der Waals surface area contributed by atoms with Gasteiger partial charge in [0.2, 0.25) is 0 Å². The van der Waals surface area contributed by atoms with Crippen LogP contribution in [0.4, 0.5) is 0 Å². The van der Waals surface area contributed by atoms with Crippen LogP contribution in [0, 0.1) is 13.8 Å². The van der Waals surface area contributed by atoms with Crippen molar-refractivity contribution >= 4 is 26.8 Å². The Kier molecular flexibility index (Phi) is 2.84. The molecule has 1 atom stereocenters. The Balaban J connectivity index is 2.93. The highest BCUT2D eigenvalue weighted by Gasteiger charge is 2.17. The lowest BCUT2D eigenvalue weighted by atomic mass is 10.1. The highest BCUT2D eigenvalue weighted by molar-refractivity contribution is 9.10. The van der Waals surface area contributed by atoms with Crippen LogP contribution in [0.5, 0.6) is 0 Å². The van der Waals surface area contributed by atoms with Crippen LogP contribution >= 0.6 is 15.9 Å². The third-order valence-corrected chi connectivity index (χ3v) is 3.87. The van der Waals surface area contributed by atoms with Gasteiger partial charge in [-0.3, -0.25) is 0 Å². The lowest BCUT2D eigenvalue weighted by Gasteiger charge is -2.09. The van der Waals surface area contributed by atoms with Gasteiger partial charge in [-0.1, -0.05) is 11.6 Å². The monoisotopic (exact) mass is 280 g/mol. The lowest BCUT2D eigenvalue weighted by molar-refractivity contribution is 0.721. The number of hydrogen-bond acceptors (Lipinski definition) is 1. The van der Waals surface area contributed by atoms with Gasteiger partial charge < -0.3 is 10.3 Å². The first-order valence-corrected chi connectivity index (χ1v) is 6.23. The van der Waals surface area contributed by atoms with Crippen LogP contribution in [-0.2, 0) is 7.05 Å². The summed E-state index contributed by atoms with van der Waals surface area (Å²) in [4.78, 5) is 0. The Morgan fingerprint density at radius 2 is 1.94 bits per heavy atom. The number of aromatic nitrogens is 1. The fourth-order valence-electron chi connectivity index (χ4n) is 2.48. The Morgan fingerprint density at radius 3 is 2.50 bits per heavy atom. The Morgan fingerprint density at radius 1 is 1.31 bits per heavy atom. The summed E-state index contributed by atoms with van der Waals surface area (Å²) >= 11 is 3.67. The quantitative estimate of drug-likeness (QED) is 0.851. The third kappa shape index (κ3) is 1.59. The van der Waals surface area contributed by atoms with Gasteiger partial charge in [0, 0.05) is 28.6 Å². The number of rotatable bonds is 1. The summed E-state index contributed by atoms with van der Waals surface area (Å²) in [5.41, 5.74) is 11.0. The van der Waals surface area contributed by atoms with E-state index in [2.05, 4.69) is 53.5 Å². The molecule has 0 saturated heterocycles. The number of nitrogens with zero attached hydrogens (tertiary/aromatic N) is 1. The highest BCUT2D eigenvalue weighted by atomic mass is 79.9. The molecule has 1 unspecified atom stereocenters. The molecule has 0 bridgehead atoms. The smallest absolute Gasteiger partial charge is 0.0522 e. The summed E-state index contributed by atoms with van der Waals surface area (Å²) in [5.74, 6) is 0. The van der Waals surface area contributed by atoms with Crippen molar-refractivity contribution in [3.8, 4) is 0 Å². The van der Waals surface area contributed by atoms with Crippen molar-refractivity contribution in [3.63, 3.8) is 0 Å². The van der Waals surface area contributed by atoms with E-state index in [4.69, 9.17) is 5.73 Å². The van der Waals surface area contributed by atoms with Gasteiger partial charge in [-0.15, -0.1) is 0 Å². The molecule has 0 aliphatic heterocycles. The molecule has 3 heteroatoms. The fraction of sp³-hybridized carbons (Fsp3) is 0.385. The second-order valence-electron chi connectivity index (χ2n) is 4.52. The van der Waals surface area contributed by atoms with E-state index in [-0.39, 0.29) is 6.04 Å². The van der Waals surface area contributed by atoms with E-state index in [0.717, 1.165) is 10.2 Å². The molecule has 0 aliphatic carbocycles. The van der Waals surface area contributed by atoms with Crippen molar-refractivity contribution in [2.45, 2.75) is 26.8 Å². The fourth-order valence-corrected chi connectivity index (χ4v) is 3.41. The summed E-state index contributed by atoms with van der Waals surface area (Å²) in [5, 5.41) is 1.26. The zero-order valence-electron chi connectivity index (χ0n) is 10.1. The summed E-state index contributed by atoms with van der Waals surface area (Å²) in [6.45, 7) is 6.28. The van der Waals surface area contributed by atoms with Crippen LogP contribution in [0.2, 0.25) is 0 Å². The van der Waals surface area contributed by atoms with E-state index in [9.17, 15) is 0 Å². The van der Waals surface area contributed by atoms with Gasteiger partial charge in [-0.2, -0.15) is 0 Å². The lowest BCUT2D eigenvalue weighted by Crippen LogP contribution is -2.10. The first-order valence-electron chi connectivity index (χ1n) is 5.44. The molecule has 2 rings (SSSR count). The molecule has 2 N–H and O–H groups in total. The maximum atomic E-state index is 6.02. The van der Waals surface area contributed by atoms with Gasteiger partial charge in [0.1, 0.15) is 0 Å². The molecular weight excluding hydrogens is 264 g/mol. The Hall–Kier alpha value is -0.800. The summed E-state index contributed by atoms with van der Waals surface area (Å²) in [7, 11) is 2.08. The number of nitrogens with two attached hydrogens (primary N) is 1. The van der Waals surface area contributed by atoms with Crippen molar-refractivity contribution in [2.75, 3.05) is 0 Å². The van der Waals surface area contributed by atoms with Crippen molar-refractivity contribution in [1.82, 2.24) is 4.57 Å². The molecular formula is C13H17BrN2. The SMILES string of the molecule is Cc1cc(C)c2c(c1)c(Br)c(C(C)N)n2C. The minimum atomic E-state index is 0.0338. The van der Waals surface area contributed by atoms with E-state index in [0.29, 0.717) is 0 Å². The number of benzene rings is 1. The van der Waals surface area contributed by atoms with Crippen molar-refractivity contribution in [2.24, 2.45) is 12.8 Å². The number of aryl methyl sites for hydroxylation is 3. The van der Waals surface area contributed by atoms with Crippen molar-refractivity contribution in [3.05, 3.63) is 33.4 Å². The Bertz CT molecular complexity index is 553. The molecule has 0 radical (unpaired) electrons. The molecule has 86 valence electrons. The van der Waals surface area contributed by atoms with Crippen LogP contribution in [0.1, 0.15) is 29.8 Å². The standard InChI is InChI=1S/C13H17BrN2/c1-7-5-8(2)12-10(6-7)11(14)13(9(3)15)16(12)4/h5-6,9H,15H2,1-4H3. The molecule has 0 saturated carbocycles. The summed E-state index contributed by atoms with van der Waals surface area (Å²) in [6.07, 6.45) is 0. The number of hydrogen-bond donors (Lipinski definition) is 1. The zero-order chi connectivity index (χ0) is 12.0. The molecule has 1 aromatic carbocycles. The van der Waals surface area contributed by atoms with Crippen molar-refractivity contribution in [1.29, 1.82) is 0 Å². The Labute approximate surface area is 105 Å². The van der Waals surface area contributed by atoms with E-state index >= 15 is 0 Å². The predicted octanol–water partition coefficient (Wildman–Crippen LogP) is 3.58. The van der Waals surface area contributed by atoms with E-state index in [1.54, 1.807) is 0 Å². The van der Waals surface area contributed by atoms with E-state index in [1.807, 2.05) is 6.92 Å². The molecule has 0 aliphatic rings.